The predicted octanol–water partition coefficient (Wildman–Crippen LogP) is 2.94. The third kappa shape index (κ3) is 5.87. The Hall–Kier alpha value is -2.35. The molecule has 1 atom stereocenters. The van der Waals surface area contributed by atoms with E-state index in [9.17, 15) is 9.59 Å². The molecule has 2 heterocycles. The summed E-state index contributed by atoms with van der Waals surface area (Å²) in [5.41, 5.74) is 1.71. The molecule has 7 nitrogen and oxygen atoms in total. The first-order valence-corrected chi connectivity index (χ1v) is 9.36. The van der Waals surface area contributed by atoms with Gasteiger partial charge < -0.3 is 14.3 Å². The van der Waals surface area contributed by atoms with Crippen LogP contribution in [0.2, 0.25) is 0 Å². The Morgan fingerprint density at radius 2 is 2.00 bits per heavy atom. The largest absolute Gasteiger partial charge is 0.467 e. The van der Waals surface area contributed by atoms with Crippen molar-refractivity contribution in [3.63, 3.8) is 0 Å². The fourth-order valence-corrected chi connectivity index (χ4v) is 3.44. The van der Waals surface area contributed by atoms with E-state index >= 15 is 0 Å². The molecule has 2 rings (SSSR count). The molecule has 0 bridgehead atoms. The van der Waals surface area contributed by atoms with Crippen LogP contribution in [0.25, 0.3) is 0 Å². The van der Waals surface area contributed by atoms with Crippen LogP contribution >= 0.6 is 11.3 Å². The highest BCUT2D eigenvalue weighted by molar-refractivity contribution is 7.09. The van der Waals surface area contributed by atoms with Crippen LogP contribution < -0.4 is 4.74 Å². The third-order valence-corrected chi connectivity index (χ3v) is 4.75. The van der Waals surface area contributed by atoms with Crippen LogP contribution in [0.4, 0.5) is 0 Å². The van der Waals surface area contributed by atoms with E-state index in [0.717, 1.165) is 29.1 Å². The lowest BCUT2D eigenvalue weighted by molar-refractivity contribution is -0.143. The first-order valence-electron chi connectivity index (χ1n) is 8.48. The van der Waals surface area contributed by atoms with Crippen molar-refractivity contribution in [1.29, 1.82) is 0 Å². The Bertz CT molecular complexity index is 730. The lowest BCUT2D eigenvalue weighted by Crippen LogP contribution is -2.12. The standard InChI is InChI=1S/C18H23N3O4S/c1-4-25-16(23)8-15(13-9-19-18(24-3)20-10-13)17-21-14(11-26-17)7-5-6-12(2)22/h9-11,15H,4-8H2,1-3H3. The number of Topliss-reactive ketones (excluding diaryl/α,β-unsaturated/α-hetero) is 1. The van der Waals surface area contributed by atoms with Gasteiger partial charge in [-0.05, 0) is 32.3 Å². The number of hydrogen-bond donors (Lipinski definition) is 0. The molecule has 8 heteroatoms. The summed E-state index contributed by atoms with van der Waals surface area (Å²) in [4.78, 5) is 36.0. The van der Waals surface area contributed by atoms with Gasteiger partial charge in [0.1, 0.15) is 10.8 Å². The van der Waals surface area contributed by atoms with Crippen molar-refractivity contribution in [2.75, 3.05) is 13.7 Å². The second-order valence-electron chi connectivity index (χ2n) is 5.80. The van der Waals surface area contributed by atoms with Gasteiger partial charge in [0, 0.05) is 30.1 Å². The number of ether oxygens (including phenoxy) is 2. The number of carbonyl (C=O) groups excluding carboxylic acids is 2. The number of carbonyl (C=O) groups is 2. The van der Waals surface area contributed by atoms with Gasteiger partial charge in [0.2, 0.25) is 0 Å². The third-order valence-electron chi connectivity index (χ3n) is 3.74. The van der Waals surface area contributed by atoms with Crippen molar-refractivity contribution >= 4 is 23.1 Å². The van der Waals surface area contributed by atoms with Crippen molar-refractivity contribution < 1.29 is 19.1 Å². The van der Waals surface area contributed by atoms with Crippen molar-refractivity contribution in [3.8, 4) is 6.01 Å². The zero-order valence-electron chi connectivity index (χ0n) is 15.2. The molecule has 0 aliphatic heterocycles. The maximum atomic E-state index is 12.0. The van der Waals surface area contributed by atoms with E-state index in [1.54, 1.807) is 26.2 Å². The summed E-state index contributed by atoms with van der Waals surface area (Å²) in [6, 6.07) is 0.271. The molecule has 2 aromatic rings. The van der Waals surface area contributed by atoms with Gasteiger partial charge in [-0.1, -0.05) is 0 Å². The van der Waals surface area contributed by atoms with E-state index in [-0.39, 0.29) is 30.1 Å². The van der Waals surface area contributed by atoms with Gasteiger partial charge >= 0.3 is 12.0 Å². The molecule has 0 aliphatic rings. The van der Waals surface area contributed by atoms with Crippen LogP contribution in [0.15, 0.2) is 17.8 Å². The van der Waals surface area contributed by atoms with Crippen molar-refractivity contribution in [1.82, 2.24) is 15.0 Å². The monoisotopic (exact) mass is 377 g/mol. The zero-order valence-corrected chi connectivity index (χ0v) is 16.0. The first kappa shape index (κ1) is 20.0. The molecular formula is C18H23N3O4S. The number of nitrogens with zero attached hydrogens (tertiary/aromatic N) is 3. The van der Waals surface area contributed by atoms with Crippen LogP contribution in [0.3, 0.4) is 0 Å². The summed E-state index contributed by atoms with van der Waals surface area (Å²) in [6.07, 6.45) is 5.52. The van der Waals surface area contributed by atoms with Crippen LogP contribution in [-0.4, -0.2) is 40.4 Å². The van der Waals surface area contributed by atoms with Crippen LogP contribution in [-0.2, 0) is 20.7 Å². The molecule has 0 radical (unpaired) electrons. The average Bonchev–Trinajstić information content (AvgIpc) is 3.08. The number of hydrogen-bond acceptors (Lipinski definition) is 8. The smallest absolute Gasteiger partial charge is 0.316 e. The maximum Gasteiger partial charge on any atom is 0.316 e. The minimum Gasteiger partial charge on any atom is -0.467 e. The molecular weight excluding hydrogens is 354 g/mol. The van der Waals surface area contributed by atoms with Crippen LogP contribution in [0.5, 0.6) is 6.01 Å². The number of thiazole rings is 1. The summed E-state index contributed by atoms with van der Waals surface area (Å²) in [5.74, 6) is -0.385. The molecule has 26 heavy (non-hydrogen) atoms. The second-order valence-corrected chi connectivity index (χ2v) is 6.69. The maximum absolute atomic E-state index is 12.0. The van der Waals surface area contributed by atoms with E-state index in [4.69, 9.17) is 9.47 Å². The highest BCUT2D eigenvalue weighted by atomic mass is 32.1. The zero-order chi connectivity index (χ0) is 18.9. The fraction of sp³-hybridized carbons (Fsp3) is 0.500. The first-order chi connectivity index (χ1) is 12.5. The molecule has 0 N–H and O–H groups in total. The molecule has 0 spiro atoms. The molecule has 0 fully saturated rings. The molecule has 140 valence electrons. The fourth-order valence-electron chi connectivity index (χ4n) is 2.46. The number of aryl methyl sites for hydroxylation is 1. The number of esters is 1. The van der Waals surface area contributed by atoms with Gasteiger partial charge in [0.15, 0.2) is 0 Å². The Balaban J connectivity index is 2.18. The van der Waals surface area contributed by atoms with Crippen molar-refractivity contribution in [3.05, 3.63) is 34.0 Å². The SMILES string of the molecule is CCOC(=O)CC(c1cnc(OC)nc1)c1nc(CCCC(C)=O)cs1. The molecule has 0 aliphatic carbocycles. The molecule has 0 saturated heterocycles. The quantitative estimate of drug-likeness (QED) is 0.588. The van der Waals surface area contributed by atoms with E-state index in [1.165, 1.54) is 18.4 Å². The Kier molecular flexibility index (Phi) is 7.65. The predicted molar refractivity (Wildman–Crippen MR) is 97.4 cm³/mol. The normalized spacial score (nSPS) is 11.8. The minimum atomic E-state index is -0.290. The number of rotatable bonds is 10. The highest BCUT2D eigenvalue weighted by Crippen LogP contribution is 2.31. The average molecular weight is 377 g/mol. The van der Waals surface area contributed by atoms with Gasteiger partial charge in [-0.3, -0.25) is 4.79 Å². The number of ketones is 1. The molecule has 0 saturated carbocycles. The van der Waals surface area contributed by atoms with Crippen LogP contribution in [0.1, 0.15) is 55.3 Å². The van der Waals surface area contributed by atoms with E-state index in [2.05, 4.69) is 15.0 Å². The number of methoxy groups -OCH3 is 1. The topological polar surface area (TPSA) is 91.3 Å². The summed E-state index contributed by atoms with van der Waals surface area (Å²) in [6.45, 7) is 3.70. The molecule has 0 aromatic carbocycles. The van der Waals surface area contributed by atoms with Gasteiger partial charge in [-0.25, -0.2) is 15.0 Å². The van der Waals surface area contributed by atoms with E-state index < -0.39 is 0 Å². The molecule has 1 unspecified atom stereocenters. The lowest BCUT2D eigenvalue weighted by atomic mass is 9.99. The van der Waals surface area contributed by atoms with Gasteiger partial charge in [0.25, 0.3) is 0 Å². The summed E-state index contributed by atoms with van der Waals surface area (Å²) < 4.78 is 10.1. The molecule has 0 amide bonds. The Labute approximate surface area is 156 Å². The number of aromatic nitrogens is 3. The molecule has 2 aromatic heterocycles. The second kappa shape index (κ2) is 9.96. The van der Waals surface area contributed by atoms with E-state index in [0.29, 0.717) is 13.0 Å². The highest BCUT2D eigenvalue weighted by Gasteiger charge is 2.23. The van der Waals surface area contributed by atoms with E-state index in [1.807, 2.05) is 5.38 Å². The van der Waals surface area contributed by atoms with Crippen LogP contribution in [0, 0.1) is 0 Å². The summed E-state index contributed by atoms with van der Waals surface area (Å²) in [5, 5.41) is 2.78. The van der Waals surface area contributed by atoms with Gasteiger partial charge in [-0.15, -0.1) is 11.3 Å². The Morgan fingerprint density at radius 1 is 1.27 bits per heavy atom. The Morgan fingerprint density at radius 3 is 2.62 bits per heavy atom. The minimum absolute atomic E-state index is 0.171. The summed E-state index contributed by atoms with van der Waals surface area (Å²) >= 11 is 1.49. The summed E-state index contributed by atoms with van der Waals surface area (Å²) in [7, 11) is 1.50. The lowest BCUT2D eigenvalue weighted by Gasteiger charge is -2.13. The van der Waals surface area contributed by atoms with Gasteiger partial charge in [0.05, 0.1) is 25.8 Å². The van der Waals surface area contributed by atoms with Crippen molar-refractivity contribution in [2.24, 2.45) is 0 Å². The van der Waals surface area contributed by atoms with Crippen molar-refractivity contribution in [2.45, 2.75) is 45.4 Å². The van der Waals surface area contributed by atoms with Gasteiger partial charge in [-0.2, -0.15) is 0 Å².